The third-order valence-corrected chi connectivity index (χ3v) is 8.66. The summed E-state index contributed by atoms with van der Waals surface area (Å²) in [7, 11) is 0. The smallest absolute Gasteiger partial charge is 0.233 e. The molecule has 2 aliphatic rings. The van der Waals surface area contributed by atoms with Gasteiger partial charge in [0.1, 0.15) is 9.86 Å². The lowest BCUT2D eigenvalue weighted by Gasteiger charge is -2.26. The normalized spacial score (nSPS) is 16.6. The van der Waals surface area contributed by atoms with Gasteiger partial charge in [-0.1, -0.05) is 37.4 Å². The quantitative estimate of drug-likeness (QED) is 0.306. The summed E-state index contributed by atoms with van der Waals surface area (Å²) < 4.78 is 6.43. The lowest BCUT2D eigenvalue weighted by molar-refractivity contribution is -0.132. The molecule has 1 saturated heterocycles. The average Bonchev–Trinajstić information content (AvgIpc) is 3.41. The Labute approximate surface area is 194 Å². The van der Waals surface area contributed by atoms with Crippen molar-refractivity contribution in [3.05, 3.63) is 16.8 Å². The van der Waals surface area contributed by atoms with Crippen LogP contribution in [0.1, 0.15) is 43.0 Å². The summed E-state index contributed by atoms with van der Waals surface area (Å²) in [6.07, 6.45) is 5.39. The summed E-state index contributed by atoms with van der Waals surface area (Å²) in [5.41, 5.74) is 5.12. The number of ether oxygens (including phenoxy) is 1. The molecule has 31 heavy (non-hydrogen) atoms. The number of nitrogens with zero attached hydrogens (tertiary/aromatic N) is 4. The van der Waals surface area contributed by atoms with Crippen LogP contribution in [-0.2, 0) is 22.4 Å². The number of carbonyl (C=O) groups is 1. The number of thioether (sulfide) groups is 2. The van der Waals surface area contributed by atoms with Crippen LogP contribution in [0, 0.1) is 0 Å². The maximum atomic E-state index is 12.7. The van der Waals surface area contributed by atoms with Crippen LogP contribution in [0.15, 0.2) is 10.2 Å². The predicted octanol–water partition coefficient (Wildman–Crippen LogP) is 4.52. The van der Waals surface area contributed by atoms with Crippen LogP contribution in [0.2, 0.25) is 0 Å². The highest BCUT2D eigenvalue weighted by Gasteiger charge is 2.26. The minimum absolute atomic E-state index is 0.146. The summed E-state index contributed by atoms with van der Waals surface area (Å²) in [6.45, 7) is 7.04. The van der Waals surface area contributed by atoms with Gasteiger partial charge in [0.15, 0.2) is 5.16 Å². The average molecular weight is 475 g/mol. The van der Waals surface area contributed by atoms with Crippen LogP contribution in [0.25, 0.3) is 20.4 Å². The van der Waals surface area contributed by atoms with E-state index in [1.165, 1.54) is 40.4 Å². The van der Waals surface area contributed by atoms with Crippen molar-refractivity contribution in [3.8, 4) is 0 Å². The van der Waals surface area contributed by atoms with Crippen molar-refractivity contribution in [3.63, 3.8) is 0 Å². The molecule has 0 unspecified atom stereocenters. The molecular weight excluding hydrogens is 448 g/mol. The minimum atomic E-state index is 0.146. The van der Waals surface area contributed by atoms with Crippen molar-refractivity contribution < 1.29 is 9.53 Å². The number of morpholine rings is 1. The van der Waals surface area contributed by atoms with Crippen LogP contribution in [-0.4, -0.2) is 64.1 Å². The van der Waals surface area contributed by atoms with Crippen LogP contribution in [0.4, 0.5) is 0 Å². The molecule has 1 aliphatic heterocycles. The highest BCUT2D eigenvalue weighted by molar-refractivity contribution is 8.00. The molecule has 5 rings (SSSR count). The van der Waals surface area contributed by atoms with Crippen LogP contribution >= 0.6 is 34.9 Å². The van der Waals surface area contributed by atoms with E-state index in [4.69, 9.17) is 19.7 Å². The molecule has 0 spiro atoms. The second kappa shape index (κ2) is 8.84. The summed E-state index contributed by atoms with van der Waals surface area (Å²) >= 11 is 4.76. The van der Waals surface area contributed by atoms with Gasteiger partial charge in [-0.05, 0) is 42.6 Å². The highest BCUT2D eigenvalue weighted by Crippen LogP contribution is 2.43. The van der Waals surface area contributed by atoms with Crippen LogP contribution in [0.5, 0.6) is 0 Å². The Morgan fingerprint density at radius 2 is 1.94 bits per heavy atom. The van der Waals surface area contributed by atoms with E-state index in [0.29, 0.717) is 38.0 Å². The number of aromatic nitrogens is 3. The molecule has 0 aromatic carbocycles. The second-order valence-corrected chi connectivity index (χ2v) is 11.0. The Morgan fingerprint density at radius 3 is 2.68 bits per heavy atom. The summed E-state index contributed by atoms with van der Waals surface area (Å²) in [4.78, 5) is 30.4. The summed E-state index contributed by atoms with van der Waals surface area (Å²) in [5.74, 6) is 0.944. The minimum Gasteiger partial charge on any atom is -0.378 e. The zero-order chi connectivity index (χ0) is 21.5. The predicted molar refractivity (Wildman–Crippen MR) is 129 cm³/mol. The van der Waals surface area contributed by atoms with E-state index in [2.05, 4.69) is 13.8 Å². The van der Waals surface area contributed by atoms with E-state index in [1.807, 2.05) is 11.2 Å². The Hall–Kier alpha value is -1.42. The number of hydrogen-bond donors (Lipinski definition) is 0. The van der Waals surface area contributed by atoms with Gasteiger partial charge in [-0.2, -0.15) is 0 Å². The molecule has 0 N–H and O–H groups in total. The largest absolute Gasteiger partial charge is 0.378 e. The molecule has 6 nitrogen and oxygen atoms in total. The van der Waals surface area contributed by atoms with Gasteiger partial charge in [-0.25, -0.2) is 15.0 Å². The molecule has 0 saturated carbocycles. The molecule has 0 atom stereocenters. The molecule has 1 aliphatic carbocycles. The maximum absolute atomic E-state index is 12.7. The lowest BCUT2D eigenvalue weighted by Crippen LogP contribution is -2.41. The van der Waals surface area contributed by atoms with Gasteiger partial charge in [0, 0.05) is 24.2 Å². The van der Waals surface area contributed by atoms with Crippen molar-refractivity contribution in [2.24, 2.45) is 0 Å². The Bertz CT molecular complexity index is 1160. The molecular formula is C22H26N4O2S3. The second-order valence-electron chi connectivity index (χ2n) is 8.22. The number of fused-ring (bicyclic) bond motifs is 5. The fraction of sp³-hybridized carbons (Fsp3) is 0.545. The monoisotopic (exact) mass is 474 g/mol. The number of amides is 1. The number of rotatable bonds is 5. The van der Waals surface area contributed by atoms with Crippen molar-refractivity contribution in [1.82, 2.24) is 19.9 Å². The molecule has 4 heterocycles. The van der Waals surface area contributed by atoms with Gasteiger partial charge in [-0.15, -0.1) is 11.3 Å². The van der Waals surface area contributed by atoms with Crippen molar-refractivity contribution >= 4 is 61.2 Å². The molecule has 3 aromatic rings. The Morgan fingerprint density at radius 1 is 1.16 bits per heavy atom. The van der Waals surface area contributed by atoms with E-state index in [0.717, 1.165) is 38.1 Å². The Kier molecular flexibility index (Phi) is 6.11. The summed E-state index contributed by atoms with van der Waals surface area (Å²) in [6, 6.07) is 0. The first kappa shape index (κ1) is 21.4. The van der Waals surface area contributed by atoms with Crippen molar-refractivity contribution in [2.45, 2.75) is 49.2 Å². The number of hydrogen-bond acceptors (Lipinski definition) is 8. The number of thiophene rings is 1. The fourth-order valence-electron chi connectivity index (χ4n) is 4.45. The first-order valence-electron chi connectivity index (χ1n) is 10.7. The number of aryl methyl sites for hydroxylation is 1. The van der Waals surface area contributed by atoms with E-state index in [1.54, 1.807) is 23.1 Å². The highest BCUT2D eigenvalue weighted by atomic mass is 32.2. The van der Waals surface area contributed by atoms with E-state index < -0.39 is 0 Å². The molecule has 0 radical (unpaired) electrons. The van der Waals surface area contributed by atoms with Gasteiger partial charge in [0.25, 0.3) is 0 Å². The van der Waals surface area contributed by atoms with E-state index in [-0.39, 0.29) is 5.91 Å². The van der Waals surface area contributed by atoms with Gasteiger partial charge in [0.05, 0.1) is 29.2 Å². The Balaban J connectivity index is 1.58. The molecule has 0 bridgehead atoms. The summed E-state index contributed by atoms with van der Waals surface area (Å²) in [5, 5.41) is 2.88. The van der Waals surface area contributed by atoms with Crippen LogP contribution in [0.3, 0.4) is 0 Å². The molecule has 1 fully saturated rings. The maximum Gasteiger partial charge on any atom is 0.233 e. The third kappa shape index (κ3) is 3.94. The number of carbonyl (C=O) groups excluding carboxylic acids is 1. The van der Waals surface area contributed by atoms with Crippen LogP contribution < -0.4 is 0 Å². The fourth-order valence-corrected chi connectivity index (χ4v) is 7.03. The van der Waals surface area contributed by atoms with Gasteiger partial charge in [-0.3, -0.25) is 4.79 Å². The molecule has 9 heteroatoms. The zero-order valence-corrected chi connectivity index (χ0v) is 20.5. The number of pyridine rings is 1. The van der Waals surface area contributed by atoms with Gasteiger partial charge < -0.3 is 9.64 Å². The van der Waals surface area contributed by atoms with E-state index in [9.17, 15) is 4.79 Å². The zero-order valence-electron chi connectivity index (χ0n) is 18.1. The third-order valence-electron chi connectivity index (χ3n) is 5.94. The van der Waals surface area contributed by atoms with E-state index >= 15 is 0 Å². The van der Waals surface area contributed by atoms with Gasteiger partial charge >= 0.3 is 0 Å². The van der Waals surface area contributed by atoms with Crippen molar-refractivity contribution in [2.75, 3.05) is 38.3 Å². The first-order valence-corrected chi connectivity index (χ1v) is 13.8. The van der Waals surface area contributed by atoms with Crippen molar-refractivity contribution in [1.29, 1.82) is 0 Å². The molecule has 164 valence electrons. The van der Waals surface area contributed by atoms with Gasteiger partial charge in [0.2, 0.25) is 5.91 Å². The first-order chi connectivity index (χ1) is 15.1. The standard InChI is InChI=1S/C22H26N4O2S3/c1-12(2)17-14-6-4-5-13(14)16-18-19(31-20(16)23-17)21(25-22(24-18)29-3)30-11-15(27)26-7-9-28-10-8-26/h12H,4-11H2,1-3H3. The topological polar surface area (TPSA) is 68.2 Å². The molecule has 1 amide bonds. The molecule has 3 aromatic heterocycles. The SMILES string of the molecule is CSc1nc(SCC(=O)N2CCOCC2)c2sc3nc(C(C)C)c4c(c3c2n1)CCC4. The lowest BCUT2D eigenvalue weighted by atomic mass is 9.99.